The van der Waals surface area contributed by atoms with E-state index >= 15 is 0 Å². The van der Waals surface area contributed by atoms with Crippen molar-refractivity contribution in [2.75, 3.05) is 13.2 Å². The number of hydrogen-bond acceptors (Lipinski definition) is 7. The average Bonchev–Trinajstić information content (AvgIpc) is 3.24. The van der Waals surface area contributed by atoms with Gasteiger partial charge in [-0.05, 0) is 19.9 Å². The number of thiazole rings is 1. The Morgan fingerprint density at radius 1 is 1.20 bits per heavy atom. The number of nitro groups is 1. The van der Waals surface area contributed by atoms with Gasteiger partial charge in [-0.2, -0.15) is 5.26 Å². The number of hydrogen-bond donors (Lipinski definition) is 0. The summed E-state index contributed by atoms with van der Waals surface area (Å²) in [6.07, 6.45) is 1.56. The number of rotatable bonds is 8. The van der Waals surface area contributed by atoms with Gasteiger partial charge in [-0.25, -0.2) is 4.98 Å². The number of ether oxygens (including phenoxy) is 2. The highest BCUT2D eigenvalue weighted by atomic mass is 32.1. The summed E-state index contributed by atoms with van der Waals surface area (Å²) in [5.74, 6) is 0.529. The molecule has 2 aromatic carbocycles. The maximum atomic E-state index is 11.5. The lowest BCUT2D eigenvalue weighted by Crippen LogP contribution is -2.01. The largest absolute Gasteiger partial charge is 0.493 e. The lowest BCUT2D eigenvalue weighted by atomic mass is 10.1. The molecule has 0 aliphatic carbocycles. The normalized spacial score (nSPS) is 11.0. The van der Waals surface area contributed by atoms with E-state index in [4.69, 9.17) is 9.47 Å². The lowest BCUT2D eigenvalue weighted by molar-refractivity contribution is -0.385. The quantitative estimate of drug-likeness (QED) is 0.267. The predicted octanol–water partition coefficient (Wildman–Crippen LogP) is 5.58. The molecule has 1 aromatic heterocycles. The van der Waals surface area contributed by atoms with Crippen molar-refractivity contribution in [1.29, 1.82) is 5.26 Å². The van der Waals surface area contributed by atoms with Crippen LogP contribution in [0.3, 0.4) is 0 Å². The number of allylic oxidation sites excluding steroid dienone is 1. The first-order valence-corrected chi connectivity index (χ1v) is 10.2. The van der Waals surface area contributed by atoms with Crippen LogP contribution in [0.15, 0.2) is 47.8 Å². The van der Waals surface area contributed by atoms with Gasteiger partial charge in [0.15, 0.2) is 0 Å². The zero-order valence-electron chi connectivity index (χ0n) is 16.5. The van der Waals surface area contributed by atoms with Gasteiger partial charge in [-0.1, -0.05) is 30.3 Å². The Balaban J connectivity index is 2.07. The number of benzene rings is 2. The van der Waals surface area contributed by atoms with Gasteiger partial charge in [0.1, 0.15) is 16.8 Å². The van der Waals surface area contributed by atoms with Crippen LogP contribution in [0.1, 0.15) is 24.4 Å². The second kappa shape index (κ2) is 9.67. The molecule has 0 N–H and O–H groups in total. The maximum absolute atomic E-state index is 11.5. The van der Waals surface area contributed by atoms with Crippen molar-refractivity contribution < 1.29 is 14.4 Å². The summed E-state index contributed by atoms with van der Waals surface area (Å²) >= 11 is 1.34. The highest BCUT2D eigenvalue weighted by Crippen LogP contribution is 2.37. The van der Waals surface area contributed by atoms with Gasteiger partial charge in [0.2, 0.25) is 5.75 Å². The SMILES string of the molecule is CCOc1cc(OCC)c([N+](=O)[O-])cc1/C=C(/C#N)c1nc(-c2ccccc2)cs1. The highest BCUT2D eigenvalue weighted by Gasteiger charge is 2.20. The molecule has 0 aliphatic heterocycles. The smallest absolute Gasteiger partial charge is 0.311 e. The van der Waals surface area contributed by atoms with Gasteiger partial charge >= 0.3 is 5.69 Å². The van der Waals surface area contributed by atoms with Crippen LogP contribution in [0.2, 0.25) is 0 Å². The molecule has 152 valence electrons. The van der Waals surface area contributed by atoms with Gasteiger partial charge in [0.05, 0.1) is 29.4 Å². The van der Waals surface area contributed by atoms with Crippen molar-refractivity contribution in [2.24, 2.45) is 0 Å². The Kier molecular flexibility index (Phi) is 6.78. The summed E-state index contributed by atoms with van der Waals surface area (Å²) in [4.78, 5) is 15.5. The van der Waals surface area contributed by atoms with Crippen LogP contribution in [-0.2, 0) is 0 Å². The van der Waals surface area contributed by atoms with Crippen LogP contribution in [0.5, 0.6) is 11.5 Å². The van der Waals surface area contributed by atoms with E-state index in [0.717, 1.165) is 11.3 Å². The third kappa shape index (κ3) is 4.64. The third-order valence-corrected chi connectivity index (χ3v) is 4.99. The van der Waals surface area contributed by atoms with E-state index in [9.17, 15) is 15.4 Å². The molecule has 0 unspecified atom stereocenters. The summed E-state index contributed by atoms with van der Waals surface area (Å²) in [7, 11) is 0. The number of nitriles is 1. The highest BCUT2D eigenvalue weighted by molar-refractivity contribution is 7.11. The summed E-state index contributed by atoms with van der Waals surface area (Å²) in [6, 6.07) is 14.6. The van der Waals surface area contributed by atoms with Gasteiger partial charge in [0.25, 0.3) is 0 Å². The van der Waals surface area contributed by atoms with Crippen LogP contribution in [0, 0.1) is 21.4 Å². The molecule has 3 rings (SSSR count). The Hall–Kier alpha value is -3.70. The summed E-state index contributed by atoms with van der Waals surface area (Å²) in [6.45, 7) is 4.21. The molecule has 0 atom stereocenters. The Morgan fingerprint density at radius 3 is 2.53 bits per heavy atom. The zero-order chi connectivity index (χ0) is 21.5. The molecule has 0 saturated carbocycles. The molecular formula is C22H19N3O4S. The number of nitro benzene ring substituents is 1. The van der Waals surface area contributed by atoms with E-state index < -0.39 is 4.92 Å². The summed E-state index contributed by atoms with van der Waals surface area (Å²) < 4.78 is 11.0. The van der Waals surface area contributed by atoms with Crippen molar-refractivity contribution in [2.45, 2.75) is 13.8 Å². The van der Waals surface area contributed by atoms with E-state index in [1.165, 1.54) is 23.5 Å². The van der Waals surface area contributed by atoms with Crippen molar-refractivity contribution in [3.8, 4) is 28.8 Å². The standard InChI is InChI=1S/C22H19N3O4S/c1-3-28-20-12-21(29-4-2)19(25(26)27)11-16(20)10-17(13-23)22-24-18(14-30-22)15-8-6-5-7-9-15/h5-12,14H,3-4H2,1-2H3/b17-10-. The van der Waals surface area contributed by atoms with Gasteiger partial charge in [-0.15, -0.1) is 11.3 Å². The van der Waals surface area contributed by atoms with Gasteiger partial charge in [0, 0.05) is 28.6 Å². The first-order chi connectivity index (χ1) is 14.6. The van der Waals surface area contributed by atoms with Crippen molar-refractivity contribution in [1.82, 2.24) is 4.98 Å². The third-order valence-electron chi connectivity index (χ3n) is 4.11. The first-order valence-electron chi connectivity index (χ1n) is 9.28. The molecule has 0 amide bonds. The molecule has 7 nitrogen and oxygen atoms in total. The van der Waals surface area contributed by atoms with E-state index in [0.29, 0.717) is 28.5 Å². The van der Waals surface area contributed by atoms with Gasteiger partial charge in [-0.3, -0.25) is 10.1 Å². The van der Waals surface area contributed by atoms with Crippen LogP contribution in [-0.4, -0.2) is 23.1 Å². The molecule has 0 radical (unpaired) electrons. The van der Waals surface area contributed by atoms with E-state index in [1.54, 1.807) is 13.0 Å². The molecular weight excluding hydrogens is 402 g/mol. The minimum Gasteiger partial charge on any atom is -0.493 e. The first kappa shape index (κ1) is 21.0. The molecule has 0 spiro atoms. The van der Waals surface area contributed by atoms with Crippen LogP contribution in [0.4, 0.5) is 5.69 Å². The fraction of sp³-hybridized carbons (Fsp3) is 0.182. The molecule has 0 aliphatic rings. The molecule has 8 heteroatoms. The monoisotopic (exact) mass is 421 g/mol. The van der Waals surface area contributed by atoms with Crippen LogP contribution < -0.4 is 9.47 Å². The van der Waals surface area contributed by atoms with E-state index in [1.807, 2.05) is 42.6 Å². The molecule has 30 heavy (non-hydrogen) atoms. The van der Waals surface area contributed by atoms with Crippen LogP contribution in [0.25, 0.3) is 22.9 Å². The van der Waals surface area contributed by atoms with Crippen molar-refractivity contribution in [3.63, 3.8) is 0 Å². The van der Waals surface area contributed by atoms with Crippen molar-refractivity contribution in [3.05, 3.63) is 68.5 Å². The second-order valence-electron chi connectivity index (χ2n) is 6.05. The fourth-order valence-electron chi connectivity index (χ4n) is 2.81. The van der Waals surface area contributed by atoms with Crippen LogP contribution >= 0.6 is 11.3 Å². The molecule has 3 aromatic rings. The minimum atomic E-state index is -0.513. The fourth-order valence-corrected chi connectivity index (χ4v) is 3.60. The Morgan fingerprint density at radius 2 is 1.90 bits per heavy atom. The van der Waals surface area contributed by atoms with Crippen molar-refractivity contribution >= 4 is 28.7 Å². The minimum absolute atomic E-state index is 0.127. The summed E-state index contributed by atoms with van der Waals surface area (Å²) in [5, 5.41) is 23.6. The Bertz CT molecular complexity index is 1120. The average molecular weight is 421 g/mol. The molecule has 1 heterocycles. The predicted molar refractivity (Wildman–Crippen MR) is 116 cm³/mol. The molecule has 0 bridgehead atoms. The number of aromatic nitrogens is 1. The topological polar surface area (TPSA) is 98.3 Å². The zero-order valence-corrected chi connectivity index (χ0v) is 17.3. The number of nitrogens with zero attached hydrogens (tertiary/aromatic N) is 3. The second-order valence-corrected chi connectivity index (χ2v) is 6.91. The van der Waals surface area contributed by atoms with Gasteiger partial charge < -0.3 is 9.47 Å². The van der Waals surface area contributed by atoms with E-state index in [-0.39, 0.29) is 18.0 Å². The molecule has 0 fully saturated rings. The molecule has 0 saturated heterocycles. The Labute approximate surface area is 178 Å². The lowest BCUT2D eigenvalue weighted by Gasteiger charge is -2.11. The maximum Gasteiger partial charge on any atom is 0.311 e. The summed E-state index contributed by atoms with van der Waals surface area (Å²) in [5.41, 5.74) is 2.23. The van der Waals surface area contributed by atoms with E-state index in [2.05, 4.69) is 11.1 Å².